The van der Waals surface area contributed by atoms with Gasteiger partial charge in [-0.05, 0) is 38.0 Å². The van der Waals surface area contributed by atoms with Crippen LogP contribution in [0.3, 0.4) is 0 Å². The average molecular weight is 326 g/mol. The normalized spacial score (nSPS) is 25.7. The number of hydrogen-bond donors (Lipinski definition) is 2. The predicted octanol–water partition coefficient (Wildman–Crippen LogP) is 2.61. The number of rotatable bonds is 7. The molecule has 2 N–H and O–H groups in total. The van der Waals surface area contributed by atoms with E-state index in [0.29, 0.717) is 18.4 Å². The number of aliphatic carboxylic acids is 1. The number of nitrogens with zero attached hydrogens (tertiary/aromatic N) is 1. The van der Waals surface area contributed by atoms with E-state index in [1.165, 1.54) is 6.42 Å². The summed E-state index contributed by atoms with van der Waals surface area (Å²) in [6, 6.07) is -0.814. The fourth-order valence-electron chi connectivity index (χ4n) is 3.57. The summed E-state index contributed by atoms with van der Waals surface area (Å²) in [5.41, 5.74) is -0.599. The van der Waals surface area contributed by atoms with Gasteiger partial charge in [0.1, 0.15) is 6.04 Å². The first-order valence-electron chi connectivity index (χ1n) is 8.83. The van der Waals surface area contributed by atoms with Gasteiger partial charge in [0, 0.05) is 19.6 Å². The Balaban J connectivity index is 2.70. The van der Waals surface area contributed by atoms with Gasteiger partial charge in [0.05, 0.1) is 5.41 Å². The first-order valence-corrected chi connectivity index (χ1v) is 8.83. The van der Waals surface area contributed by atoms with Gasteiger partial charge in [-0.2, -0.15) is 0 Å². The molecule has 1 aliphatic rings. The van der Waals surface area contributed by atoms with E-state index in [-0.39, 0.29) is 11.8 Å². The smallest absolute Gasteiger partial charge is 0.326 e. The molecule has 0 spiro atoms. The fraction of sp³-hybridized carbons (Fsp3) is 0.889. The fourth-order valence-corrected chi connectivity index (χ4v) is 3.57. The minimum absolute atomic E-state index is 0.0812. The molecular weight excluding hydrogens is 292 g/mol. The van der Waals surface area contributed by atoms with Gasteiger partial charge < -0.3 is 15.3 Å². The van der Waals surface area contributed by atoms with Gasteiger partial charge in [-0.3, -0.25) is 4.79 Å². The number of carbonyl (C=O) groups is 2. The van der Waals surface area contributed by atoms with Crippen LogP contribution >= 0.6 is 0 Å². The van der Waals surface area contributed by atoms with Crippen molar-refractivity contribution in [2.75, 3.05) is 19.6 Å². The minimum atomic E-state index is -0.955. The van der Waals surface area contributed by atoms with Gasteiger partial charge in [0.15, 0.2) is 0 Å². The van der Waals surface area contributed by atoms with Crippen molar-refractivity contribution in [3.8, 4) is 0 Å². The summed E-state index contributed by atoms with van der Waals surface area (Å²) in [6.45, 7) is 14.8. The molecule has 1 fully saturated rings. The maximum Gasteiger partial charge on any atom is 0.326 e. The summed E-state index contributed by atoms with van der Waals surface area (Å²) in [5, 5.41) is 12.1. The minimum Gasteiger partial charge on any atom is -0.480 e. The molecule has 5 nitrogen and oxygen atoms in total. The summed E-state index contributed by atoms with van der Waals surface area (Å²) in [5.74, 6) is 0.0797. The van der Waals surface area contributed by atoms with Crippen molar-refractivity contribution in [1.82, 2.24) is 10.2 Å². The summed E-state index contributed by atoms with van der Waals surface area (Å²) in [6.07, 6.45) is 1.96. The lowest BCUT2D eigenvalue weighted by atomic mass is 9.86. The molecule has 1 amide bonds. The highest BCUT2D eigenvalue weighted by Gasteiger charge is 2.36. The van der Waals surface area contributed by atoms with Crippen molar-refractivity contribution in [3.63, 3.8) is 0 Å². The molecule has 0 radical (unpaired) electrons. The average Bonchev–Trinajstić information content (AvgIpc) is 2.41. The largest absolute Gasteiger partial charge is 0.480 e. The van der Waals surface area contributed by atoms with Crippen LogP contribution in [0.2, 0.25) is 0 Å². The number of amides is 1. The Kier molecular flexibility index (Phi) is 7.05. The molecule has 0 aromatic rings. The van der Waals surface area contributed by atoms with E-state index >= 15 is 0 Å². The van der Waals surface area contributed by atoms with Gasteiger partial charge in [0.2, 0.25) is 5.91 Å². The summed E-state index contributed by atoms with van der Waals surface area (Å²) in [7, 11) is 0. The zero-order valence-corrected chi connectivity index (χ0v) is 15.6. The van der Waals surface area contributed by atoms with E-state index in [4.69, 9.17) is 0 Å². The van der Waals surface area contributed by atoms with E-state index < -0.39 is 17.4 Å². The molecule has 134 valence electrons. The summed E-state index contributed by atoms with van der Waals surface area (Å²) in [4.78, 5) is 26.4. The molecule has 0 saturated carbocycles. The highest BCUT2D eigenvalue weighted by Crippen LogP contribution is 2.26. The highest BCUT2D eigenvalue weighted by molar-refractivity contribution is 5.87. The van der Waals surface area contributed by atoms with Gasteiger partial charge >= 0.3 is 5.97 Å². The van der Waals surface area contributed by atoms with Crippen LogP contribution in [-0.2, 0) is 9.59 Å². The Bertz CT molecular complexity index is 412. The monoisotopic (exact) mass is 326 g/mol. The zero-order valence-electron chi connectivity index (χ0n) is 15.6. The van der Waals surface area contributed by atoms with Gasteiger partial charge in [-0.15, -0.1) is 0 Å². The second kappa shape index (κ2) is 8.13. The lowest BCUT2D eigenvalue weighted by Gasteiger charge is -2.39. The molecule has 4 unspecified atom stereocenters. The molecule has 1 heterocycles. The highest BCUT2D eigenvalue weighted by atomic mass is 16.4. The van der Waals surface area contributed by atoms with E-state index in [1.54, 1.807) is 0 Å². The first kappa shape index (κ1) is 19.9. The Morgan fingerprint density at radius 1 is 1.26 bits per heavy atom. The maximum atomic E-state index is 12.6. The third kappa shape index (κ3) is 5.79. The van der Waals surface area contributed by atoms with Gasteiger partial charge in [0.25, 0.3) is 0 Å². The summed E-state index contributed by atoms with van der Waals surface area (Å²) < 4.78 is 0. The van der Waals surface area contributed by atoms with Crippen LogP contribution in [0.1, 0.15) is 54.4 Å². The van der Waals surface area contributed by atoms with Crippen LogP contribution in [-0.4, -0.2) is 47.6 Å². The van der Waals surface area contributed by atoms with Gasteiger partial charge in [-0.1, -0.05) is 34.1 Å². The van der Waals surface area contributed by atoms with Crippen molar-refractivity contribution in [2.24, 2.45) is 23.2 Å². The molecule has 1 rings (SSSR count). The molecule has 0 aromatic heterocycles. The van der Waals surface area contributed by atoms with Crippen LogP contribution in [0, 0.1) is 23.2 Å². The zero-order chi connectivity index (χ0) is 17.8. The molecule has 1 aliphatic heterocycles. The number of piperidine rings is 1. The van der Waals surface area contributed by atoms with Crippen LogP contribution < -0.4 is 5.32 Å². The van der Waals surface area contributed by atoms with Crippen molar-refractivity contribution in [1.29, 1.82) is 0 Å². The number of carboxylic acid groups (broad SMARTS) is 1. The lowest BCUT2D eigenvalue weighted by molar-refractivity contribution is -0.145. The predicted molar refractivity (Wildman–Crippen MR) is 92.2 cm³/mol. The third-order valence-electron chi connectivity index (χ3n) is 4.94. The molecule has 23 heavy (non-hydrogen) atoms. The van der Waals surface area contributed by atoms with E-state index in [2.05, 4.69) is 24.1 Å². The number of nitrogens with one attached hydrogen (secondary N) is 1. The quantitative estimate of drug-likeness (QED) is 0.754. The Morgan fingerprint density at radius 2 is 1.78 bits per heavy atom. The number of carboxylic acids is 1. The first-order chi connectivity index (χ1) is 10.6. The Hall–Kier alpha value is -1.10. The van der Waals surface area contributed by atoms with E-state index in [1.807, 2.05) is 27.7 Å². The SMILES string of the molecule is CCC(C)C(NC(=O)C(C)(C)CN1CC(C)CC(C)C1)C(=O)O. The second-order valence-corrected chi connectivity index (χ2v) is 8.20. The maximum absolute atomic E-state index is 12.6. The second-order valence-electron chi connectivity index (χ2n) is 8.20. The Morgan fingerprint density at radius 3 is 2.22 bits per heavy atom. The molecule has 0 aromatic carbocycles. The molecule has 0 bridgehead atoms. The van der Waals surface area contributed by atoms with Gasteiger partial charge in [-0.25, -0.2) is 4.79 Å². The van der Waals surface area contributed by atoms with Crippen molar-refractivity contribution in [2.45, 2.75) is 60.4 Å². The topological polar surface area (TPSA) is 69.6 Å². The van der Waals surface area contributed by atoms with E-state index in [0.717, 1.165) is 19.5 Å². The van der Waals surface area contributed by atoms with Crippen LogP contribution in [0.15, 0.2) is 0 Å². The summed E-state index contributed by atoms with van der Waals surface area (Å²) >= 11 is 0. The number of likely N-dealkylation sites (tertiary alicyclic amines) is 1. The molecule has 1 saturated heterocycles. The molecule has 5 heteroatoms. The lowest BCUT2D eigenvalue weighted by Crippen LogP contribution is -2.53. The molecule has 0 aliphatic carbocycles. The number of hydrogen-bond acceptors (Lipinski definition) is 3. The standard InChI is InChI=1S/C18H34N2O3/c1-7-14(4)15(16(21)22)19-17(23)18(5,6)11-20-9-12(2)8-13(3)10-20/h12-15H,7-11H2,1-6H3,(H,19,23)(H,21,22). The van der Waals surface area contributed by atoms with Crippen LogP contribution in [0.5, 0.6) is 0 Å². The molecular formula is C18H34N2O3. The van der Waals surface area contributed by atoms with E-state index in [9.17, 15) is 14.7 Å². The van der Waals surface area contributed by atoms with Crippen LogP contribution in [0.25, 0.3) is 0 Å². The molecule has 4 atom stereocenters. The van der Waals surface area contributed by atoms with Crippen molar-refractivity contribution < 1.29 is 14.7 Å². The third-order valence-corrected chi connectivity index (χ3v) is 4.94. The Labute approximate surface area is 140 Å². The van der Waals surface area contributed by atoms with Crippen molar-refractivity contribution >= 4 is 11.9 Å². The van der Waals surface area contributed by atoms with Crippen LogP contribution in [0.4, 0.5) is 0 Å². The number of carbonyl (C=O) groups excluding carboxylic acids is 1. The van der Waals surface area contributed by atoms with Crippen molar-refractivity contribution in [3.05, 3.63) is 0 Å².